The predicted octanol–water partition coefficient (Wildman–Crippen LogP) is 0.0393. The van der Waals surface area contributed by atoms with Crippen LogP contribution >= 0.6 is 0 Å². The Balaban J connectivity index is 1.93. The fourth-order valence-corrected chi connectivity index (χ4v) is 2.68. The van der Waals surface area contributed by atoms with Crippen LogP contribution < -0.4 is 5.73 Å². The summed E-state index contributed by atoms with van der Waals surface area (Å²) < 4.78 is 1.85. The lowest BCUT2D eigenvalue weighted by molar-refractivity contribution is -0.123. The first-order valence-electron chi connectivity index (χ1n) is 6.69. The number of carbonyl (C=O) groups is 1. The molecule has 1 saturated heterocycles. The summed E-state index contributed by atoms with van der Waals surface area (Å²) in [5.74, 6) is 0.613. The van der Waals surface area contributed by atoms with Crippen molar-refractivity contribution in [3.63, 3.8) is 0 Å². The monoisotopic (exact) mass is 266 g/mol. The molecule has 1 amide bonds. The second-order valence-electron chi connectivity index (χ2n) is 5.29. The van der Waals surface area contributed by atoms with Crippen LogP contribution in [0.1, 0.15) is 31.7 Å². The van der Waals surface area contributed by atoms with Crippen LogP contribution in [0.15, 0.2) is 12.4 Å². The van der Waals surface area contributed by atoms with Crippen LogP contribution in [0, 0.1) is 5.92 Å². The van der Waals surface area contributed by atoms with Gasteiger partial charge in [-0.05, 0) is 38.8 Å². The molecule has 3 N–H and O–H groups in total. The van der Waals surface area contributed by atoms with E-state index >= 15 is 0 Å². The molecule has 0 radical (unpaired) electrons. The van der Waals surface area contributed by atoms with Gasteiger partial charge < -0.3 is 15.4 Å². The number of rotatable bonds is 4. The highest BCUT2D eigenvalue weighted by molar-refractivity contribution is 5.79. The minimum Gasteiger partial charge on any atom is -0.385 e. The first-order chi connectivity index (χ1) is 9.00. The number of amides is 1. The quantitative estimate of drug-likeness (QED) is 0.806. The number of imidazole rings is 1. The van der Waals surface area contributed by atoms with Gasteiger partial charge in [-0.25, -0.2) is 4.98 Å². The van der Waals surface area contributed by atoms with E-state index in [9.17, 15) is 9.90 Å². The van der Waals surface area contributed by atoms with Crippen molar-refractivity contribution in [2.24, 2.45) is 18.7 Å². The maximum absolute atomic E-state index is 11.2. The molecule has 0 aromatic carbocycles. The van der Waals surface area contributed by atoms with Gasteiger partial charge in [-0.15, -0.1) is 0 Å². The number of nitrogens with zero attached hydrogens (tertiary/aromatic N) is 3. The molecule has 2 heterocycles. The average molecular weight is 266 g/mol. The van der Waals surface area contributed by atoms with Gasteiger partial charge in [0.1, 0.15) is 11.9 Å². The molecule has 106 valence electrons. The van der Waals surface area contributed by atoms with Crippen molar-refractivity contribution in [3.8, 4) is 0 Å². The Labute approximate surface area is 113 Å². The van der Waals surface area contributed by atoms with Crippen LogP contribution in [0.4, 0.5) is 0 Å². The second-order valence-corrected chi connectivity index (χ2v) is 5.29. The van der Waals surface area contributed by atoms with E-state index in [1.807, 2.05) is 24.7 Å². The number of aryl methyl sites for hydroxylation is 1. The van der Waals surface area contributed by atoms with E-state index in [1.165, 1.54) is 0 Å². The fourth-order valence-electron chi connectivity index (χ4n) is 2.68. The number of hydrogen-bond donors (Lipinski definition) is 2. The van der Waals surface area contributed by atoms with Crippen LogP contribution in [0.3, 0.4) is 0 Å². The largest absolute Gasteiger partial charge is 0.385 e. The summed E-state index contributed by atoms with van der Waals surface area (Å²) in [5, 5.41) is 10.4. The number of likely N-dealkylation sites (tertiary alicyclic amines) is 1. The molecule has 1 aromatic heterocycles. The molecule has 1 fully saturated rings. The first kappa shape index (κ1) is 14.0. The molecular formula is C13H22N4O2. The van der Waals surface area contributed by atoms with Crippen LogP contribution in [-0.4, -0.2) is 44.6 Å². The van der Waals surface area contributed by atoms with Gasteiger partial charge in [-0.1, -0.05) is 0 Å². The molecule has 0 saturated carbocycles. The minimum atomic E-state index is -0.536. The molecule has 0 aliphatic carbocycles. The SMILES string of the molecule is CC(C(N)=O)N1CCC(C(O)c2nccn2C)CC1. The summed E-state index contributed by atoms with van der Waals surface area (Å²) in [6, 6.07) is -0.230. The third kappa shape index (κ3) is 2.96. The van der Waals surface area contributed by atoms with Gasteiger partial charge in [0.05, 0.1) is 6.04 Å². The lowest BCUT2D eigenvalue weighted by atomic mass is 9.90. The number of nitrogens with two attached hydrogens (primary N) is 1. The molecule has 6 nitrogen and oxygen atoms in total. The van der Waals surface area contributed by atoms with E-state index in [0.29, 0.717) is 5.82 Å². The summed E-state index contributed by atoms with van der Waals surface area (Å²) in [6.07, 6.45) is 4.70. The summed E-state index contributed by atoms with van der Waals surface area (Å²) in [4.78, 5) is 17.4. The van der Waals surface area contributed by atoms with Crippen molar-refractivity contribution >= 4 is 5.91 Å². The normalized spacial score (nSPS) is 21.2. The summed E-state index contributed by atoms with van der Waals surface area (Å²) in [6.45, 7) is 3.41. The molecule has 1 aliphatic heterocycles. The molecule has 1 aromatic rings. The highest BCUT2D eigenvalue weighted by Gasteiger charge is 2.30. The maximum Gasteiger partial charge on any atom is 0.234 e. The number of carbonyl (C=O) groups excluding carboxylic acids is 1. The van der Waals surface area contributed by atoms with Gasteiger partial charge in [0.2, 0.25) is 5.91 Å². The van der Waals surface area contributed by atoms with Gasteiger partial charge in [0.15, 0.2) is 0 Å². The first-order valence-corrected chi connectivity index (χ1v) is 6.69. The van der Waals surface area contributed by atoms with Crippen molar-refractivity contribution in [3.05, 3.63) is 18.2 Å². The smallest absolute Gasteiger partial charge is 0.234 e. The summed E-state index contributed by atoms with van der Waals surface area (Å²) >= 11 is 0. The van der Waals surface area contributed by atoms with Crippen LogP contribution in [-0.2, 0) is 11.8 Å². The Bertz CT molecular complexity index is 438. The van der Waals surface area contributed by atoms with Crippen molar-refractivity contribution in [2.75, 3.05) is 13.1 Å². The second kappa shape index (κ2) is 5.71. The van der Waals surface area contributed by atoms with Gasteiger partial charge in [0, 0.05) is 19.4 Å². The van der Waals surface area contributed by atoms with Gasteiger partial charge in [0.25, 0.3) is 0 Å². The lowest BCUT2D eigenvalue weighted by Gasteiger charge is -2.36. The Morgan fingerprint density at radius 1 is 1.53 bits per heavy atom. The van der Waals surface area contributed by atoms with Gasteiger partial charge in [-0.3, -0.25) is 9.69 Å². The van der Waals surface area contributed by atoms with E-state index in [0.717, 1.165) is 25.9 Å². The van der Waals surface area contributed by atoms with E-state index in [1.54, 1.807) is 6.20 Å². The highest BCUT2D eigenvalue weighted by atomic mass is 16.3. The average Bonchev–Trinajstić information content (AvgIpc) is 2.83. The Kier molecular flexibility index (Phi) is 4.21. The number of aliphatic hydroxyl groups excluding tert-OH is 1. The van der Waals surface area contributed by atoms with E-state index in [2.05, 4.69) is 9.88 Å². The zero-order valence-electron chi connectivity index (χ0n) is 11.5. The topological polar surface area (TPSA) is 84.4 Å². The molecular weight excluding hydrogens is 244 g/mol. The number of piperidine rings is 1. The Morgan fingerprint density at radius 2 is 2.16 bits per heavy atom. The zero-order chi connectivity index (χ0) is 14.0. The maximum atomic E-state index is 11.2. The van der Waals surface area contributed by atoms with Crippen molar-refractivity contribution in [1.82, 2.24) is 14.5 Å². The summed E-state index contributed by atoms with van der Waals surface area (Å²) in [7, 11) is 1.88. The Hall–Kier alpha value is -1.40. The van der Waals surface area contributed by atoms with Crippen LogP contribution in [0.25, 0.3) is 0 Å². The van der Waals surface area contributed by atoms with Gasteiger partial charge >= 0.3 is 0 Å². The number of primary amides is 1. The molecule has 2 rings (SSSR count). The van der Waals surface area contributed by atoms with Crippen LogP contribution in [0.2, 0.25) is 0 Å². The van der Waals surface area contributed by atoms with Crippen molar-refractivity contribution < 1.29 is 9.90 Å². The predicted molar refractivity (Wildman–Crippen MR) is 71.1 cm³/mol. The lowest BCUT2D eigenvalue weighted by Crippen LogP contribution is -2.47. The van der Waals surface area contributed by atoms with E-state index in [4.69, 9.17) is 5.73 Å². The third-order valence-electron chi connectivity index (χ3n) is 4.10. The molecule has 2 unspecified atom stereocenters. The van der Waals surface area contributed by atoms with Crippen LogP contribution in [0.5, 0.6) is 0 Å². The minimum absolute atomic E-state index is 0.192. The zero-order valence-corrected chi connectivity index (χ0v) is 11.5. The van der Waals surface area contributed by atoms with Gasteiger partial charge in [-0.2, -0.15) is 0 Å². The summed E-state index contributed by atoms with van der Waals surface area (Å²) in [5.41, 5.74) is 5.31. The molecule has 2 atom stereocenters. The van der Waals surface area contributed by atoms with Crippen molar-refractivity contribution in [2.45, 2.75) is 31.9 Å². The van der Waals surface area contributed by atoms with E-state index in [-0.39, 0.29) is 17.9 Å². The van der Waals surface area contributed by atoms with E-state index < -0.39 is 6.10 Å². The molecule has 0 bridgehead atoms. The number of hydrogen-bond acceptors (Lipinski definition) is 4. The molecule has 1 aliphatic rings. The third-order valence-corrected chi connectivity index (χ3v) is 4.10. The molecule has 19 heavy (non-hydrogen) atoms. The molecule has 0 spiro atoms. The highest BCUT2D eigenvalue weighted by Crippen LogP contribution is 2.30. The fraction of sp³-hybridized carbons (Fsp3) is 0.692. The number of aliphatic hydroxyl groups is 1. The standard InChI is InChI=1S/C13H22N4O2/c1-9(12(14)19)17-6-3-10(4-7-17)11(18)13-15-5-8-16(13)2/h5,8-11,18H,3-4,6-7H2,1-2H3,(H2,14,19). The number of aromatic nitrogens is 2. The molecule has 6 heteroatoms. The Morgan fingerprint density at radius 3 is 2.63 bits per heavy atom. The van der Waals surface area contributed by atoms with Crippen molar-refractivity contribution in [1.29, 1.82) is 0 Å².